The summed E-state index contributed by atoms with van der Waals surface area (Å²) in [5, 5.41) is 14.5. The van der Waals surface area contributed by atoms with E-state index in [1.807, 2.05) is 36.4 Å². The normalized spacial score (nSPS) is 29.3. The Morgan fingerprint density at radius 2 is 1.94 bits per heavy atom. The minimum atomic E-state index is -0.636. The first-order valence-corrected chi connectivity index (χ1v) is 11.4. The highest BCUT2D eigenvalue weighted by Crippen LogP contribution is 2.45. The highest BCUT2D eigenvalue weighted by atomic mass is 16.7. The molecular formula is C25H31N2O4+. The zero-order chi connectivity index (χ0) is 21.3. The van der Waals surface area contributed by atoms with Crippen LogP contribution >= 0.6 is 0 Å². The van der Waals surface area contributed by atoms with Crippen molar-refractivity contribution in [2.45, 2.75) is 50.3 Å². The lowest BCUT2D eigenvalue weighted by atomic mass is 9.66. The van der Waals surface area contributed by atoms with E-state index in [-0.39, 0.29) is 24.7 Å². The van der Waals surface area contributed by atoms with Gasteiger partial charge in [-0.15, -0.1) is 0 Å². The highest BCUT2D eigenvalue weighted by molar-refractivity contribution is 5.76. The van der Waals surface area contributed by atoms with Gasteiger partial charge in [0.15, 0.2) is 18.0 Å². The van der Waals surface area contributed by atoms with Crippen molar-refractivity contribution in [1.82, 2.24) is 5.32 Å². The molecule has 3 aliphatic rings. The fourth-order valence-corrected chi connectivity index (χ4v) is 5.69. The van der Waals surface area contributed by atoms with E-state index in [4.69, 9.17) is 9.47 Å². The highest BCUT2D eigenvalue weighted by Gasteiger charge is 2.52. The summed E-state index contributed by atoms with van der Waals surface area (Å²) in [6.45, 7) is 1.97. The summed E-state index contributed by atoms with van der Waals surface area (Å²) >= 11 is 0. The standard InChI is InChI=1S/C25H30N2O4/c28-23(26-15-18-6-2-1-3-7-18)16-27-13-12-25(29)11-5-4-8-20(25)24(27)19-9-10-21-22(14-19)31-17-30-21/h1-3,6-7,9-10,14,20,24,29H,4-5,8,11-13,15-17H2,(H,26,28)/p+1/t20-,24-,25-/m0/s1. The van der Waals surface area contributed by atoms with Crippen LogP contribution in [-0.2, 0) is 11.3 Å². The van der Waals surface area contributed by atoms with Gasteiger partial charge in [0.2, 0.25) is 6.79 Å². The van der Waals surface area contributed by atoms with E-state index in [9.17, 15) is 9.90 Å². The van der Waals surface area contributed by atoms with Crippen LogP contribution in [0.5, 0.6) is 11.5 Å². The number of piperidine rings is 1. The number of carbonyl (C=O) groups is 1. The monoisotopic (exact) mass is 423 g/mol. The average Bonchev–Trinajstić information content (AvgIpc) is 3.26. The van der Waals surface area contributed by atoms with Crippen molar-refractivity contribution in [3.8, 4) is 11.5 Å². The molecule has 31 heavy (non-hydrogen) atoms. The molecule has 1 saturated carbocycles. The molecule has 1 saturated heterocycles. The third kappa shape index (κ3) is 4.14. The van der Waals surface area contributed by atoms with Crippen LogP contribution in [0.2, 0.25) is 0 Å². The smallest absolute Gasteiger partial charge is 0.275 e. The molecule has 2 aliphatic heterocycles. The molecule has 5 rings (SSSR count). The van der Waals surface area contributed by atoms with Crippen molar-refractivity contribution in [3.63, 3.8) is 0 Å². The van der Waals surface area contributed by atoms with Gasteiger partial charge in [-0.05, 0) is 36.6 Å². The van der Waals surface area contributed by atoms with Crippen molar-refractivity contribution in [2.75, 3.05) is 19.9 Å². The van der Waals surface area contributed by atoms with Gasteiger partial charge in [0.05, 0.1) is 12.1 Å². The maximum Gasteiger partial charge on any atom is 0.275 e. The van der Waals surface area contributed by atoms with Crippen LogP contribution in [0.4, 0.5) is 0 Å². The molecule has 164 valence electrons. The predicted molar refractivity (Wildman–Crippen MR) is 116 cm³/mol. The Hall–Kier alpha value is -2.57. The SMILES string of the molecule is O=C(C[NH+]1CC[C@@]2(O)CCCC[C@H]2[C@@H]1c1ccc2c(c1)OCO2)NCc1ccccc1. The molecule has 0 aromatic heterocycles. The third-order valence-corrected chi connectivity index (χ3v) is 7.26. The number of ether oxygens (including phenoxy) is 2. The van der Waals surface area contributed by atoms with Gasteiger partial charge in [-0.25, -0.2) is 0 Å². The number of nitrogens with one attached hydrogen (secondary N) is 2. The number of hydrogen-bond donors (Lipinski definition) is 3. The number of benzene rings is 2. The zero-order valence-electron chi connectivity index (χ0n) is 17.8. The summed E-state index contributed by atoms with van der Waals surface area (Å²) in [4.78, 5) is 14.1. The van der Waals surface area contributed by atoms with Crippen molar-refractivity contribution >= 4 is 5.91 Å². The van der Waals surface area contributed by atoms with Crippen LogP contribution in [0.25, 0.3) is 0 Å². The van der Waals surface area contributed by atoms with E-state index in [0.29, 0.717) is 13.1 Å². The number of quaternary nitrogens is 1. The van der Waals surface area contributed by atoms with E-state index >= 15 is 0 Å². The molecule has 1 unspecified atom stereocenters. The first kappa shape index (κ1) is 20.3. The number of amides is 1. The van der Waals surface area contributed by atoms with Crippen molar-refractivity contribution in [2.24, 2.45) is 5.92 Å². The maximum absolute atomic E-state index is 12.8. The van der Waals surface area contributed by atoms with E-state index in [2.05, 4.69) is 17.4 Å². The molecule has 2 aromatic rings. The Morgan fingerprint density at radius 1 is 1.10 bits per heavy atom. The van der Waals surface area contributed by atoms with Crippen LogP contribution in [0.1, 0.15) is 49.3 Å². The summed E-state index contributed by atoms with van der Waals surface area (Å²) in [5.41, 5.74) is 1.59. The lowest BCUT2D eigenvalue weighted by Gasteiger charge is -2.50. The number of rotatable bonds is 5. The molecule has 2 fully saturated rings. The van der Waals surface area contributed by atoms with E-state index < -0.39 is 5.60 Å². The van der Waals surface area contributed by atoms with Gasteiger partial charge in [-0.3, -0.25) is 4.79 Å². The fourth-order valence-electron chi connectivity index (χ4n) is 5.69. The van der Waals surface area contributed by atoms with Crippen LogP contribution in [0.3, 0.4) is 0 Å². The Kier molecular flexibility index (Phi) is 5.59. The first-order valence-electron chi connectivity index (χ1n) is 11.4. The fraction of sp³-hybridized carbons (Fsp3) is 0.480. The Bertz CT molecular complexity index is 934. The molecular weight excluding hydrogens is 392 g/mol. The molecule has 1 amide bonds. The van der Waals surface area contributed by atoms with Crippen LogP contribution in [0.15, 0.2) is 48.5 Å². The van der Waals surface area contributed by atoms with Gasteiger partial charge in [0.25, 0.3) is 5.91 Å². The Balaban J connectivity index is 1.36. The van der Waals surface area contributed by atoms with Crippen molar-refractivity contribution in [3.05, 3.63) is 59.7 Å². The second-order valence-corrected chi connectivity index (χ2v) is 9.14. The zero-order valence-corrected chi connectivity index (χ0v) is 17.8. The minimum absolute atomic E-state index is 0.0471. The Labute approximate surface area is 183 Å². The second kappa shape index (κ2) is 8.52. The lowest BCUT2D eigenvalue weighted by molar-refractivity contribution is -0.937. The number of likely N-dealkylation sites (tertiary alicyclic amines) is 1. The van der Waals surface area contributed by atoms with Gasteiger partial charge in [-0.1, -0.05) is 43.2 Å². The molecule has 6 heteroatoms. The number of hydrogen-bond acceptors (Lipinski definition) is 4. The summed E-state index contributed by atoms with van der Waals surface area (Å²) in [6, 6.07) is 16.1. The Morgan fingerprint density at radius 3 is 2.81 bits per heavy atom. The molecule has 2 aromatic carbocycles. The summed E-state index contributed by atoms with van der Waals surface area (Å²) < 4.78 is 11.1. The van der Waals surface area contributed by atoms with E-state index in [1.54, 1.807) is 0 Å². The van der Waals surface area contributed by atoms with Crippen molar-refractivity contribution < 1.29 is 24.3 Å². The van der Waals surface area contributed by atoms with Gasteiger partial charge >= 0.3 is 0 Å². The lowest BCUT2D eigenvalue weighted by Crippen LogP contribution is -3.16. The molecule has 0 spiro atoms. The van der Waals surface area contributed by atoms with Gasteiger partial charge < -0.3 is 24.8 Å². The maximum atomic E-state index is 12.8. The molecule has 1 aliphatic carbocycles. The van der Waals surface area contributed by atoms with Crippen molar-refractivity contribution in [1.29, 1.82) is 0 Å². The molecule has 0 radical (unpaired) electrons. The molecule has 6 nitrogen and oxygen atoms in total. The molecule has 0 bridgehead atoms. The number of carbonyl (C=O) groups excluding carboxylic acids is 1. The summed E-state index contributed by atoms with van der Waals surface area (Å²) in [5.74, 6) is 1.72. The molecule has 4 atom stereocenters. The number of aliphatic hydroxyl groups is 1. The first-order chi connectivity index (χ1) is 15.1. The van der Waals surface area contributed by atoms with E-state index in [0.717, 1.165) is 61.3 Å². The van der Waals surface area contributed by atoms with Gasteiger partial charge in [0, 0.05) is 24.4 Å². The summed E-state index contributed by atoms with van der Waals surface area (Å²) in [7, 11) is 0. The summed E-state index contributed by atoms with van der Waals surface area (Å²) in [6.07, 6.45) is 4.80. The van der Waals surface area contributed by atoms with Crippen LogP contribution in [-0.4, -0.2) is 36.5 Å². The average molecular weight is 424 g/mol. The molecule has 2 heterocycles. The quantitative estimate of drug-likeness (QED) is 0.688. The second-order valence-electron chi connectivity index (χ2n) is 9.14. The third-order valence-electron chi connectivity index (χ3n) is 7.26. The largest absolute Gasteiger partial charge is 0.454 e. The van der Waals surface area contributed by atoms with E-state index in [1.165, 1.54) is 4.90 Å². The van der Waals surface area contributed by atoms with Gasteiger partial charge in [-0.2, -0.15) is 0 Å². The predicted octanol–water partition coefficient (Wildman–Crippen LogP) is 1.98. The van der Waals surface area contributed by atoms with Crippen LogP contribution in [0, 0.1) is 5.92 Å². The molecule has 3 N–H and O–H groups in total. The topological polar surface area (TPSA) is 72.2 Å². The number of fused-ring (bicyclic) bond motifs is 2. The minimum Gasteiger partial charge on any atom is -0.454 e. The van der Waals surface area contributed by atoms with Crippen LogP contribution < -0.4 is 19.7 Å². The van der Waals surface area contributed by atoms with Gasteiger partial charge in [0.1, 0.15) is 6.04 Å².